The van der Waals surface area contributed by atoms with E-state index in [0.717, 1.165) is 18.3 Å². The molecule has 2 heterocycles. The van der Waals surface area contributed by atoms with E-state index in [-0.39, 0.29) is 10.7 Å². The summed E-state index contributed by atoms with van der Waals surface area (Å²) in [5.41, 5.74) is -4.56. The average Bonchev–Trinajstić information content (AvgIpc) is 2.83. The predicted octanol–water partition coefficient (Wildman–Crippen LogP) is 3.21. The summed E-state index contributed by atoms with van der Waals surface area (Å²) in [6.45, 7) is 0. The minimum atomic E-state index is -5.21. The molecule has 0 aliphatic rings. The number of nitrogens with zero attached hydrogens (tertiary/aromatic N) is 4. The van der Waals surface area contributed by atoms with Gasteiger partial charge in [0, 0.05) is 18.3 Å². The third-order valence-electron chi connectivity index (χ3n) is 2.45. The van der Waals surface area contributed by atoms with Gasteiger partial charge in [-0.05, 0) is 6.07 Å². The molecule has 0 aliphatic carbocycles. The molecule has 0 aliphatic heterocycles. The molecule has 6 nitrogen and oxygen atoms in total. The molecule has 0 fully saturated rings. The average molecular weight is 326 g/mol. The van der Waals surface area contributed by atoms with Gasteiger partial charge in [-0.2, -0.15) is 31.4 Å². The smallest absolute Gasteiger partial charge is 0.258 e. The van der Waals surface area contributed by atoms with Crippen LogP contribution in [0, 0.1) is 10.1 Å². The van der Waals surface area contributed by atoms with Crippen LogP contribution >= 0.6 is 0 Å². The lowest BCUT2D eigenvalue weighted by atomic mass is 10.3. The third kappa shape index (κ3) is 2.84. The van der Waals surface area contributed by atoms with Crippen LogP contribution in [0.1, 0.15) is 11.4 Å². The lowest BCUT2D eigenvalue weighted by molar-refractivity contribution is -0.385. The topological polar surface area (TPSA) is 73.8 Å². The summed E-state index contributed by atoms with van der Waals surface area (Å²) in [6, 6.07) is 1.62. The van der Waals surface area contributed by atoms with Gasteiger partial charge in [0.25, 0.3) is 0 Å². The summed E-state index contributed by atoms with van der Waals surface area (Å²) in [6.07, 6.45) is -9.45. The molecule has 2 aromatic heterocycles. The van der Waals surface area contributed by atoms with E-state index in [0.29, 0.717) is 0 Å². The van der Waals surface area contributed by atoms with Crippen LogP contribution in [0.4, 0.5) is 32.0 Å². The van der Waals surface area contributed by atoms with Crippen molar-refractivity contribution in [1.29, 1.82) is 0 Å². The zero-order valence-electron chi connectivity index (χ0n) is 10.2. The molecule has 118 valence electrons. The maximum atomic E-state index is 12.8. The molecule has 0 aromatic carbocycles. The Morgan fingerprint density at radius 1 is 1.14 bits per heavy atom. The van der Waals surface area contributed by atoms with Gasteiger partial charge >= 0.3 is 18.0 Å². The highest BCUT2D eigenvalue weighted by Crippen LogP contribution is 2.37. The first-order chi connectivity index (χ1) is 10.0. The molecule has 22 heavy (non-hydrogen) atoms. The van der Waals surface area contributed by atoms with Gasteiger partial charge in [-0.15, -0.1) is 0 Å². The lowest BCUT2D eigenvalue weighted by Crippen LogP contribution is -2.15. The van der Waals surface area contributed by atoms with Gasteiger partial charge in [-0.1, -0.05) is 0 Å². The number of hydrogen-bond donors (Lipinski definition) is 0. The van der Waals surface area contributed by atoms with Crippen LogP contribution in [-0.2, 0) is 12.4 Å². The Balaban J connectivity index is 2.75. The number of hydrogen-bond acceptors (Lipinski definition) is 4. The molecule has 12 heteroatoms. The minimum absolute atomic E-state index is 0.235. The third-order valence-corrected chi connectivity index (χ3v) is 2.45. The van der Waals surface area contributed by atoms with E-state index in [1.165, 1.54) is 0 Å². The van der Waals surface area contributed by atoms with Crippen LogP contribution in [-0.4, -0.2) is 19.7 Å². The number of nitro groups is 1. The van der Waals surface area contributed by atoms with Gasteiger partial charge in [0.15, 0.2) is 11.4 Å². The van der Waals surface area contributed by atoms with E-state index >= 15 is 0 Å². The second kappa shape index (κ2) is 4.96. The highest BCUT2D eigenvalue weighted by molar-refractivity contribution is 5.47. The Hall–Kier alpha value is -2.66. The maximum Gasteiger partial charge on any atom is 0.435 e. The van der Waals surface area contributed by atoms with E-state index in [9.17, 15) is 36.5 Å². The molecular formula is C10H4F6N4O2. The molecule has 0 saturated heterocycles. The number of aromatic nitrogens is 3. The Morgan fingerprint density at radius 2 is 1.77 bits per heavy atom. The summed E-state index contributed by atoms with van der Waals surface area (Å²) >= 11 is 0. The summed E-state index contributed by atoms with van der Waals surface area (Å²) in [5, 5.41) is 13.5. The highest BCUT2D eigenvalue weighted by Gasteiger charge is 2.43. The van der Waals surface area contributed by atoms with Crippen molar-refractivity contribution in [2.24, 2.45) is 0 Å². The molecule has 2 rings (SSSR count). The van der Waals surface area contributed by atoms with Crippen molar-refractivity contribution >= 4 is 5.69 Å². The monoisotopic (exact) mass is 326 g/mol. The van der Waals surface area contributed by atoms with Crippen LogP contribution in [0.2, 0.25) is 0 Å². The number of alkyl halides is 6. The van der Waals surface area contributed by atoms with Crippen molar-refractivity contribution in [2.45, 2.75) is 12.4 Å². The normalized spacial score (nSPS) is 12.5. The lowest BCUT2D eigenvalue weighted by Gasteiger charge is -2.09. The Morgan fingerprint density at radius 3 is 2.27 bits per heavy atom. The fraction of sp³-hybridized carbons (Fsp3) is 0.200. The Bertz CT molecular complexity index is 721. The van der Waals surface area contributed by atoms with Crippen molar-refractivity contribution in [3.05, 3.63) is 45.9 Å². The predicted molar refractivity (Wildman–Crippen MR) is 58.0 cm³/mol. The fourth-order valence-electron chi connectivity index (χ4n) is 1.58. The second-order valence-electron chi connectivity index (χ2n) is 3.93. The zero-order chi connectivity index (χ0) is 16.7. The van der Waals surface area contributed by atoms with Crippen molar-refractivity contribution in [3.63, 3.8) is 0 Å². The van der Waals surface area contributed by atoms with Crippen LogP contribution in [0.5, 0.6) is 0 Å². The molecule has 0 bridgehead atoms. The van der Waals surface area contributed by atoms with Gasteiger partial charge in [0.05, 0.1) is 4.92 Å². The van der Waals surface area contributed by atoms with Gasteiger partial charge in [-0.3, -0.25) is 10.1 Å². The van der Waals surface area contributed by atoms with Crippen LogP contribution in [0.3, 0.4) is 0 Å². The Kier molecular flexibility index (Phi) is 3.55. The van der Waals surface area contributed by atoms with Gasteiger partial charge in [-0.25, -0.2) is 9.67 Å². The number of rotatable bonds is 2. The standard InChI is InChI=1S/C10H4F6N4O2/c11-9(12,13)6-4-7(10(14,15)16)19(18-6)8-5(20(21)22)2-1-3-17-8/h1-4H. The van der Waals surface area contributed by atoms with Crippen molar-refractivity contribution < 1.29 is 31.3 Å². The summed E-state index contributed by atoms with van der Waals surface area (Å²) in [4.78, 5) is 13.0. The molecule has 0 amide bonds. The van der Waals surface area contributed by atoms with E-state index in [2.05, 4.69) is 10.1 Å². The maximum absolute atomic E-state index is 12.8. The van der Waals surface area contributed by atoms with E-state index in [4.69, 9.17) is 0 Å². The first-order valence-electron chi connectivity index (χ1n) is 5.36. The van der Waals surface area contributed by atoms with Crippen molar-refractivity contribution in [3.8, 4) is 5.82 Å². The van der Waals surface area contributed by atoms with Crippen molar-refractivity contribution in [1.82, 2.24) is 14.8 Å². The molecule has 0 atom stereocenters. The SMILES string of the molecule is O=[N+]([O-])c1cccnc1-n1nc(C(F)(F)F)cc1C(F)(F)F. The first kappa shape index (κ1) is 15.7. The molecule has 0 spiro atoms. The fourth-order valence-corrected chi connectivity index (χ4v) is 1.58. The van der Waals surface area contributed by atoms with E-state index in [1.807, 2.05) is 0 Å². The summed E-state index contributed by atoms with van der Waals surface area (Å²) < 4.78 is 75.9. The van der Waals surface area contributed by atoms with E-state index in [1.54, 1.807) is 0 Å². The molecular weight excluding hydrogens is 322 g/mol. The number of halogens is 6. The molecule has 0 unspecified atom stereocenters. The molecule has 0 saturated carbocycles. The quantitative estimate of drug-likeness (QED) is 0.482. The van der Waals surface area contributed by atoms with Crippen LogP contribution in [0.15, 0.2) is 24.4 Å². The first-order valence-corrected chi connectivity index (χ1v) is 5.36. The summed E-state index contributed by atoms with van der Waals surface area (Å²) in [5.74, 6) is -0.963. The zero-order valence-corrected chi connectivity index (χ0v) is 10.2. The largest absolute Gasteiger partial charge is 0.435 e. The van der Waals surface area contributed by atoms with Gasteiger partial charge in [0.1, 0.15) is 0 Å². The highest BCUT2D eigenvalue weighted by atomic mass is 19.4. The van der Waals surface area contributed by atoms with Gasteiger partial charge < -0.3 is 0 Å². The van der Waals surface area contributed by atoms with Crippen molar-refractivity contribution in [2.75, 3.05) is 0 Å². The molecule has 0 radical (unpaired) electrons. The van der Waals surface area contributed by atoms with Crippen LogP contribution < -0.4 is 0 Å². The number of pyridine rings is 1. The Labute approximate surface area is 117 Å². The second-order valence-corrected chi connectivity index (χ2v) is 3.93. The van der Waals surface area contributed by atoms with Crippen LogP contribution in [0.25, 0.3) is 5.82 Å². The molecule has 0 N–H and O–H groups in total. The van der Waals surface area contributed by atoms with E-state index < -0.39 is 40.2 Å². The minimum Gasteiger partial charge on any atom is -0.258 e. The summed E-state index contributed by atoms with van der Waals surface area (Å²) in [7, 11) is 0. The molecule has 2 aromatic rings. The van der Waals surface area contributed by atoms with Gasteiger partial charge in [0.2, 0.25) is 5.82 Å².